The van der Waals surface area contributed by atoms with E-state index in [2.05, 4.69) is 18.3 Å². The van der Waals surface area contributed by atoms with Crippen LogP contribution in [0.25, 0.3) is 11.1 Å². The van der Waals surface area contributed by atoms with Gasteiger partial charge >= 0.3 is 0 Å². The van der Waals surface area contributed by atoms with Crippen LogP contribution in [0.15, 0.2) is 36.4 Å². The lowest BCUT2D eigenvalue weighted by molar-refractivity contribution is 0.676. The van der Waals surface area contributed by atoms with Crippen molar-refractivity contribution < 1.29 is 0 Å². The fourth-order valence-corrected chi connectivity index (χ4v) is 2.70. The summed E-state index contributed by atoms with van der Waals surface area (Å²) in [6.07, 6.45) is 1.10. The Kier molecular flexibility index (Phi) is 5.74. The summed E-state index contributed by atoms with van der Waals surface area (Å²) in [6, 6.07) is 11.5. The highest BCUT2D eigenvalue weighted by Gasteiger charge is 2.07. The SMILES string of the molecule is CCCNCc1cc(-c2ccc(Cl)cc2Cl)ccc1Cl. The molecule has 0 radical (unpaired) electrons. The molecular weight excluding hydrogens is 313 g/mol. The first-order valence-corrected chi connectivity index (χ1v) is 7.69. The second-order valence-corrected chi connectivity index (χ2v) is 5.86. The molecule has 0 aromatic heterocycles. The molecule has 0 spiro atoms. The lowest BCUT2D eigenvalue weighted by atomic mass is 10.0. The molecule has 1 nitrogen and oxygen atoms in total. The van der Waals surface area contributed by atoms with Crippen molar-refractivity contribution in [3.8, 4) is 11.1 Å². The van der Waals surface area contributed by atoms with Gasteiger partial charge in [0.15, 0.2) is 0 Å². The fourth-order valence-electron chi connectivity index (χ4n) is 2.00. The van der Waals surface area contributed by atoms with E-state index >= 15 is 0 Å². The first-order chi connectivity index (χ1) is 9.61. The second kappa shape index (κ2) is 7.33. The molecule has 0 amide bonds. The first-order valence-electron chi connectivity index (χ1n) is 6.56. The highest BCUT2D eigenvalue weighted by molar-refractivity contribution is 6.36. The Hall–Kier alpha value is -0.730. The van der Waals surface area contributed by atoms with Gasteiger partial charge in [0, 0.05) is 27.2 Å². The van der Waals surface area contributed by atoms with Crippen LogP contribution in [0.3, 0.4) is 0 Å². The van der Waals surface area contributed by atoms with Crippen LogP contribution in [0.2, 0.25) is 15.1 Å². The third-order valence-electron chi connectivity index (χ3n) is 3.03. The van der Waals surface area contributed by atoms with Gasteiger partial charge in [0.2, 0.25) is 0 Å². The molecule has 2 rings (SSSR count). The first kappa shape index (κ1) is 15.7. The second-order valence-electron chi connectivity index (χ2n) is 4.61. The smallest absolute Gasteiger partial charge is 0.0499 e. The van der Waals surface area contributed by atoms with Crippen molar-refractivity contribution in [2.24, 2.45) is 0 Å². The van der Waals surface area contributed by atoms with Crippen molar-refractivity contribution in [2.75, 3.05) is 6.54 Å². The minimum absolute atomic E-state index is 0.637. The Morgan fingerprint density at radius 3 is 2.45 bits per heavy atom. The zero-order valence-corrected chi connectivity index (χ0v) is 13.5. The molecule has 0 aliphatic heterocycles. The predicted octanol–water partition coefficient (Wildman–Crippen LogP) is 5.81. The Labute approximate surface area is 134 Å². The average Bonchev–Trinajstić information content (AvgIpc) is 2.41. The molecule has 0 atom stereocenters. The standard InChI is InChI=1S/C16H16Cl3N/c1-2-7-20-10-12-8-11(3-6-15(12)18)14-5-4-13(17)9-16(14)19/h3-6,8-9,20H,2,7,10H2,1H3. The molecule has 0 unspecified atom stereocenters. The van der Waals surface area contributed by atoms with Gasteiger partial charge in [0.1, 0.15) is 0 Å². The number of halogens is 3. The number of hydrogen-bond acceptors (Lipinski definition) is 1. The highest BCUT2D eigenvalue weighted by Crippen LogP contribution is 2.32. The van der Waals surface area contributed by atoms with E-state index in [4.69, 9.17) is 34.8 Å². The van der Waals surface area contributed by atoms with Crippen LogP contribution in [0.1, 0.15) is 18.9 Å². The maximum Gasteiger partial charge on any atom is 0.0499 e. The molecule has 0 bridgehead atoms. The lowest BCUT2D eigenvalue weighted by Crippen LogP contribution is -2.14. The molecule has 4 heteroatoms. The van der Waals surface area contributed by atoms with Gasteiger partial charge < -0.3 is 5.32 Å². The molecule has 0 aliphatic carbocycles. The maximum atomic E-state index is 6.25. The summed E-state index contributed by atoms with van der Waals surface area (Å²) in [5.74, 6) is 0. The minimum Gasteiger partial charge on any atom is -0.313 e. The van der Waals surface area contributed by atoms with Crippen molar-refractivity contribution in [3.05, 3.63) is 57.0 Å². The third-order valence-corrected chi connectivity index (χ3v) is 3.95. The van der Waals surface area contributed by atoms with E-state index in [9.17, 15) is 0 Å². The van der Waals surface area contributed by atoms with Crippen LogP contribution in [0, 0.1) is 0 Å². The van der Waals surface area contributed by atoms with Crippen LogP contribution < -0.4 is 5.32 Å². The van der Waals surface area contributed by atoms with Crippen molar-refractivity contribution in [1.82, 2.24) is 5.32 Å². The van der Waals surface area contributed by atoms with Gasteiger partial charge in [-0.05, 0) is 48.4 Å². The quantitative estimate of drug-likeness (QED) is 0.683. The molecule has 0 saturated carbocycles. The van der Waals surface area contributed by atoms with E-state index < -0.39 is 0 Å². The zero-order chi connectivity index (χ0) is 14.5. The van der Waals surface area contributed by atoms with Crippen molar-refractivity contribution >= 4 is 34.8 Å². The van der Waals surface area contributed by atoms with Crippen molar-refractivity contribution in [3.63, 3.8) is 0 Å². The van der Waals surface area contributed by atoms with Crippen molar-refractivity contribution in [1.29, 1.82) is 0 Å². The summed E-state index contributed by atoms with van der Waals surface area (Å²) < 4.78 is 0. The van der Waals surface area contributed by atoms with Gasteiger partial charge in [0.25, 0.3) is 0 Å². The number of benzene rings is 2. The monoisotopic (exact) mass is 327 g/mol. The summed E-state index contributed by atoms with van der Waals surface area (Å²) >= 11 is 18.4. The highest BCUT2D eigenvalue weighted by atomic mass is 35.5. The van der Waals surface area contributed by atoms with E-state index in [-0.39, 0.29) is 0 Å². The lowest BCUT2D eigenvalue weighted by Gasteiger charge is -2.10. The molecule has 106 valence electrons. The molecule has 1 N–H and O–H groups in total. The maximum absolute atomic E-state index is 6.25. The van der Waals surface area contributed by atoms with Gasteiger partial charge in [-0.25, -0.2) is 0 Å². The van der Waals surface area contributed by atoms with Gasteiger partial charge in [-0.3, -0.25) is 0 Å². The summed E-state index contributed by atoms with van der Waals surface area (Å²) in [5.41, 5.74) is 3.08. The Morgan fingerprint density at radius 2 is 1.75 bits per heavy atom. The van der Waals surface area contributed by atoms with Crippen LogP contribution in [-0.4, -0.2) is 6.54 Å². The van der Waals surface area contributed by atoms with E-state index in [1.165, 1.54) is 0 Å². The summed E-state index contributed by atoms with van der Waals surface area (Å²) in [5, 5.41) is 5.40. The molecular formula is C16H16Cl3N. The van der Waals surface area contributed by atoms with Crippen LogP contribution in [0.5, 0.6) is 0 Å². The zero-order valence-electron chi connectivity index (χ0n) is 11.2. The number of rotatable bonds is 5. The Morgan fingerprint density at radius 1 is 0.950 bits per heavy atom. The van der Waals surface area contributed by atoms with E-state index in [1.54, 1.807) is 6.07 Å². The molecule has 0 aliphatic rings. The van der Waals surface area contributed by atoms with Crippen molar-refractivity contribution in [2.45, 2.75) is 19.9 Å². The third kappa shape index (κ3) is 3.89. The van der Waals surface area contributed by atoms with Gasteiger partial charge in [-0.15, -0.1) is 0 Å². The molecule has 0 fully saturated rings. The van der Waals surface area contributed by atoms with E-state index in [0.717, 1.165) is 41.2 Å². The van der Waals surface area contributed by atoms with E-state index in [0.29, 0.717) is 10.0 Å². The summed E-state index contributed by atoms with van der Waals surface area (Å²) in [7, 11) is 0. The van der Waals surface area contributed by atoms with Gasteiger partial charge in [-0.2, -0.15) is 0 Å². The summed E-state index contributed by atoms with van der Waals surface area (Å²) in [6.45, 7) is 3.87. The minimum atomic E-state index is 0.637. The summed E-state index contributed by atoms with van der Waals surface area (Å²) in [4.78, 5) is 0. The fraction of sp³-hybridized carbons (Fsp3) is 0.250. The molecule has 0 saturated heterocycles. The van der Waals surface area contributed by atoms with Gasteiger partial charge in [0.05, 0.1) is 0 Å². The number of nitrogens with one attached hydrogen (secondary N) is 1. The Bertz CT molecular complexity index is 596. The Balaban J connectivity index is 2.30. The van der Waals surface area contributed by atoms with Crippen LogP contribution in [-0.2, 0) is 6.54 Å². The molecule has 2 aromatic carbocycles. The normalized spacial score (nSPS) is 10.8. The van der Waals surface area contributed by atoms with Crippen LogP contribution >= 0.6 is 34.8 Å². The molecule has 2 aromatic rings. The largest absolute Gasteiger partial charge is 0.313 e. The topological polar surface area (TPSA) is 12.0 Å². The van der Waals surface area contributed by atoms with E-state index in [1.807, 2.05) is 24.3 Å². The predicted molar refractivity (Wildman–Crippen MR) is 88.9 cm³/mol. The van der Waals surface area contributed by atoms with Crippen LogP contribution in [0.4, 0.5) is 0 Å². The molecule has 0 heterocycles. The van der Waals surface area contributed by atoms with Gasteiger partial charge in [-0.1, -0.05) is 53.9 Å². The average molecular weight is 329 g/mol. The number of hydrogen-bond donors (Lipinski definition) is 1. The molecule has 20 heavy (non-hydrogen) atoms.